The lowest BCUT2D eigenvalue weighted by atomic mass is 9.54. The van der Waals surface area contributed by atoms with Crippen LogP contribution in [0.15, 0.2) is 60.7 Å². The van der Waals surface area contributed by atoms with Gasteiger partial charge in [0.2, 0.25) is 0 Å². The summed E-state index contributed by atoms with van der Waals surface area (Å²) in [7, 11) is 0. The Morgan fingerprint density at radius 1 is 0.806 bits per heavy atom. The van der Waals surface area contributed by atoms with Crippen LogP contribution in [-0.4, -0.2) is 6.04 Å². The first-order chi connectivity index (χ1) is 15.2. The highest BCUT2D eigenvalue weighted by Gasteiger charge is 2.47. The van der Waals surface area contributed by atoms with E-state index in [4.69, 9.17) is 16.3 Å². The Hall–Kier alpha value is -2.03. The molecule has 160 valence electrons. The van der Waals surface area contributed by atoms with E-state index in [0.717, 1.165) is 46.6 Å². The van der Waals surface area contributed by atoms with Gasteiger partial charge in [0.15, 0.2) is 0 Å². The molecule has 2 nitrogen and oxygen atoms in total. The zero-order valence-corrected chi connectivity index (χ0v) is 18.7. The number of rotatable bonds is 6. The minimum atomic E-state index is 0.556. The molecule has 0 radical (unpaired) electrons. The number of hydrogen-bond donors (Lipinski definition) is 1. The third-order valence-corrected chi connectivity index (χ3v) is 8.30. The van der Waals surface area contributed by atoms with Gasteiger partial charge in [-0.1, -0.05) is 54.1 Å². The van der Waals surface area contributed by atoms with Crippen LogP contribution in [0.3, 0.4) is 0 Å². The summed E-state index contributed by atoms with van der Waals surface area (Å²) in [5.41, 5.74) is 2.43. The molecule has 7 rings (SSSR count). The van der Waals surface area contributed by atoms with Crippen LogP contribution >= 0.6 is 11.6 Å². The summed E-state index contributed by atoms with van der Waals surface area (Å²) in [5, 5.41) is 7.36. The van der Waals surface area contributed by atoms with Crippen molar-refractivity contribution in [2.75, 3.05) is 0 Å². The number of fused-ring (bicyclic) bond motifs is 1. The van der Waals surface area contributed by atoms with E-state index in [2.05, 4.69) is 41.7 Å². The molecule has 0 atom stereocenters. The summed E-state index contributed by atoms with van der Waals surface area (Å²) < 4.78 is 6.35. The molecule has 4 aliphatic carbocycles. The SMILES string of the molecule is Clc1ccc(COc2ccc3ccccc3c2CNC2C3CC4CC(C3)CC2C4)cc1. The van der Waals surface area contributed by atoms with Crippen LogP contribution in [0.1, 0.15) is 43.2 Å². The molecule has 3 aromatic carbocycles. The standard InChI is InChI=1S/C28H30ClNO/c29-24-8-5-18(6-9-24)17-31-27-10-7-21-3-1-2-4-25(21)26(27)16-30-28-22-12-19-11-20(14-22)15-23(28)13-19/h1-10,19-20,22-23,28,30H,11-17H2. The summed E-state index contributed by atoms with van der Waals surface area (Å²) >= 11 is 6.04. The van der Waals surface area contributed by atoms with Crippen molar-refractivity contribution in [2.45, 2.75) is 51.3 Å². The fraction of sp³-hybridized carbons (Fsp3) is 0.429. The molecule has 0 aromatic heterocycles. The van der Waals surface area contributed by atoms with Gasteiger partial charge in [0.1, 0.15) is 12.4 Å². The number of ether oxygens (including phenoxy) is 1. The zero-order chi connectivity index (χ0) is 20.8. The van der Waals surface area contributed by atoms with E-state index >= 15 is 0 Å². The van der Waals surface area contributed by atoms with E-state index in [1.165, 1.54) is 48.4 Å². The molecule has 0 aliphatic heterocycles. The maximum Gasteiger partial charge on any atom is 0.124 e. The molecule has 3 aromatic rings. The highest BCUT2D eigenvalue weighted by molar-refractivity contribution is 6.30. The Balaban J connectivity index is 1.24. The Kier molecular flexibility index (Phi) is 5.16. The lowest BCUT2D eigenvalue weighted by molar-refractivity contribution is -0.0143. The molecule has 31 heavy (non-hydrogen) atoms. The Labute approximate surface area is 189 Å². The molecule has 4 aliphatic rings. The average molecular weight is 432 g/mol. The predicted molar refractivity (Wildman–Crippen MR) is 127 cm³/mol. The highest BCUT2D eigenvalue weighted by Crippen LogP contribution is 2.53. The molecule has 1 N–H and O–H groups in total. The molecule has 4 fully saturated rings. The van der Waals surface area contributed by atoms with Gasteiger partial charge in [-0.2, -0.15) is 0 Å². The minimum Gasteiger partial charge on any atom is -0.489 e. The van der Waals surface area contributed by atoms with Crippen molar-refractivity contribution in [3.8, 4) is 5.75 Å². The quantitative estimate of drug-likeness (QED) is 0.454. The van der Waals surface area contributed by atoms with Crippen molar-refractivity contribution in [2.24, 2.45) is 23.7 Å². The van der Waals surface area contributed by atoms with Crippen LogP contribution in [-0.2, 0) is 13.2 Å². The fourth-order valence-corrected chi connectivity index (χ4v) is 6.98. The van der Waals surface area contributed by atoms with Gasteiger partial charge in [-0.3, -0.25) is 0 Å². The van der Waals surface area contributed by atoms with Gasteiger partial charge in [0, 0.05) is 23.2 Å². The first-order valence-electron chi connectivity index (χ1n) is 11.8. The second-order valence-electron chi connectivity index (χ2n) is 10.0. The van der Waals surface area contributed by atoms with Crippen LogP contribution in [0.2, 0.25) is 5.02 Å². The summed E-state index contributed by atoms with van der Waals surface area (Å²) in [4.78, 5) is 0. The summed E-state index contributed by atoms with van der Waals surface area (Å²) in [6, 6.07) is 21.6. The first kappa shape index (κ1) is 19.6. The molecule has 0 heterocycles. The lowest BCUT2D eigenvalue weighted by Gasteiger charge is -2.54. The number of halogens is 1. The molecular formula is C28H30ClNO. The van der Waals surface area contributed by atoms with E-state index in [0.29, 0.717) is 12.6 Å². The highest BCUT2D eigenvalue weighted by atomic mass is 35.5. The predicted octanol–water partition coefficient (Wildman–Crippen LogP) is 6.99. The van der Waals surface area contributed by atoms with Crippen molar-refractivity contribution < 1.29 is 4.74 Å². The van der Waals surface area contributed by atoms with Crippen LogP contribution in [0.4, 0.5) is 0 Å². The van der Waals surface area contributed by atoms with Gasteiger partial charge < -0.3 is 10.1 Å². The molecule has 4 saturated carbocycles. The second kappa shape index (κ2) is 8.15. The van der Waals surface area contributed by atoms with Crippen molar-refractivity contribution in [3.63, 3.8) is 0 Å². The van der Waals surface area contributed by atoms with Crippen LogP contribution in [0, 0.1) is 23.7 Å². The normalized spacial score (nSPS) is 28.9. The van der Waals surface area contributed by atoms with Gasteiger partial charge in [-0.15, -0.1) is 0 Å². The summed E-state index contributed by atoms with van der Waals surface area (Å²) in [5.74, 6) is 4.77. The molecule has 0 unspecified atom stereocenters. The fourth-order valence-electron chi connectivity index (χ4n) is 6.85. The van der Waals surface area contributed by atoms with Crippen LogP contribution in [0.5, 0.6) is 5.75 Å². The van der Waals surface area contributed by atoms with Crippen molar-refractivity contribution in [1.29, 1.82) is 0 Å². The molecule has 4 bridgehead atoms. The first-order valence-corrected chi connectivity index (χ1v) is 12.2. The number of hydrogen-bond acceptors (Lipinski definition) is 2. The third kappa shape index (κ3) is 3.85. The molecule has 0 saturated heterocycles. The van der Waals surface area contributed by atoms with Gasteiger partial charge in [-0.05, 0) is 90.3 Å². The van der Waals surface area contributed by atoms with Crippen molar-refractivity contribution >= 4 is 22.4 Å². The Morgan fingerprint density at radius 2 is 1.52 bits per heavy atom. The van der Waals surface area contributed by atoms with E-state index < -0.39 is 0 Å². The lowest BCUT2D eigenvalue weighted by Crippen LogP contribution is -2.54. The topological polar surface area (TPSA) is 21.3 Å². The van der Waals surface area contributed by atoms with Gasteiger partial charge >= 0.3 is 0 Å². The van der Waals surface area contributed by atoms with E-state index in [9.17, 15) is 0 Å². The maximum atomic E-state index is 6.35. The van der Waals surface area contributed by atoms with E-state index in [-0.39, 0.29) is 0 Å². The van der Waals surface area contributed by atoms with Crippen molar-refractivity contribution in [1.82, 2.24) is 5.32 Å². The average Bonchev–Trinajstić information content (AvgIpc) is 2.78. The third-order valence-electron chi connectivity index (χ3n) is 8.05. The molecule has 0 amide bonds. The molecular weight excluding hydrogens is 402 g/mol. The number of benzene rings is 3. The minimum absolute atomic E-state index is 0.556. The largest absolute Gasteiger partial charge is 0.489 e. The second-order valence-corrected chi connectivity index (χ2v) is 10.5. The van der Waals surface area contributed by atoms with Crippen LogP contribution in [0.25, 0.3) is 10.8 Å². The van der Waals surface area contributed by atoms with E-state index in [1.54, 1.807) is 0 Å². The Bertz CT molecular complexity index is 1050. The Morgan fingerprint density at radius 3 is 2.26 bits per heavy atom. The molecule has 0 spiro atoms. The van der Waals surface area contributed by atoms with Crippen molar-refractivity contribution in [3.05, 3.63) is 76.8 Å². The smallest absolute Gasteiger partial charge is 0.124 e. The summed E-state index contributed by atoms with van der Waals surface area (Å²) in [6.45, 7) is 1.44. The maximum absolute atomic E-state index is 6.35. The molecule has 3 heteroatoms. The summed E-state index contributed by atoms with van der Waals surface area (Å²) in [6.07, 6.45) is 7.28. The van der Waals surface area contributed by atoms with Gasteiger partial charge in [-0.25, -0.2) is 0 Å². The number of nitrogens with one attached hydrogen (secondary N) is 1. The van der Waals surface area contributed by atoms with Gasteiger partial charge in [0.25, 0.3) is 0 Å². The monoisotopic (exact) mass is 431 g/mol. The van der Waals surface area contributed by atoms with Gasteiger partial charge in [0.05, 0.1) is 0 Å². The van der Waals surface area contributed by atoms with E-state index in [1.807, 2.05) is 24.3 Å². The van der Waals surface area contributed by atoms with Crippen LogP contribution < -0.4 is 10.1 Å². The zero-order valence-electron chi connectivity index (χ0n) is 17.9.